The van der Waals surface area contributed by atoms with Crippen LogP contribution in [0, 0.1) is 0 Å². The van der Waals surface area contributed by atoms with E-state index < -0.39 is 18.0 Å². The average Bonchev–Trinajstić information content (AvgIpc) is 3.37. The van der Waals surface area contributed by atoms with Crippen LogP contribution in [0.4, 0.5) is 4.79 Å². The molecule has 1 atom stereocenters. The van der Waals surface area contributed by atoms with Crippen molar-refractivity contribution in [1.82, 2.24) is 25.1 Å². The van der Waals surface area contributed by atoms with E-state index in [0.29, 0.717) is 24.2 Å². The van der Waals surface area contributed by atoms with Crippen LogP contribution in [0.15, 0.2) is 48.7 Å². The van der Waals surface area contributed by atoms with Crippen LogP contribution in [0.2, 0.25) is 0 Å². The number of carbonyl (C=O) groups excluding carboxylic acids is 4. The van der Waals surface area contributed by atoms with E-state index in [9.17, 15) is 19.2 Å². The SMILES string of the molecule is O=C1CCC(N2Cc3ccc(CNC(=O)OCc4cc5ccccn5n4)cc3C2=O)C(=O)N1. The second-order valence-corrected chi connectivity index (χ2v) is 8.03. The molecule has 2 N–H and O–H groups in total. The number of nitrogens with zero attached hydrogens (tertiary/aromatic N) is 3. The fourth-order valence-electron chi connectivity index (χ4n) is 4.14. The van der Waals surface area contributed by atoms with Gasteiger partial charge in [-0.2, -0.15) is 5.10 Å². The highest BCUT2D eigenvalue weighted by Gasteiger charge is 2.39. The second-order valence-electron chi connectivity index (χ2n) is 8.03. The molecule has 3 aromatic rings. The molecule has 10 heteroatoms. The largest absolute Gasteiger partial charge is 0.443 e. The zero-order valence-corrected chi connectivity index (χ0v) is 17.6. The molecule has 4 heterocycles. The number of ether oxygens (including phenoxy) is 1. The summed E-state index contributed by atoms with van der Waals surface area (Å²) in [6.45, 7) is 0.537. The molecule has 1 saturated heterocycles. The van der Waals surface area contributed by atoms with Gasteiger partial charge in [-0.05, 0) is 41.8 Å². The Labute approximate surface area is 188 Å². The van der Waals surface area contributed by atoms with E-state index >= 15 is 0 Å². The molecule has 1 unspecified atom stereocenters. The first-order valence-electron chi connectivity index (χ1n) is 10.6. The van der Waals surface area contributed by atoms with E-state index in [2.05, 4.69) is 15.7 Å². The molecule has 0 saturated carbocycles. The monoisotopic (exact) mass is 447 g/mol. The molecule has 2 aromatic heterocycles. The lowest BCUT2D eigenvalue weighted by molar-refractivity contribution is -0.136. The molecule has 0 spiro atoms. The van der Waals surface area contributed by atoms with Crippen LogP contribution in [0.1, 0.15) is 40.0 Å². The van der Waals surface area contributed by atoms with Crippen LogP contribution >= 0.6 is 0 Å². The van der Waals surface area contributed by atoms with Gasteiger partial charge in [-0.15, -0.1) is 0 Å². The first-order valence-corrected chi connectivity index (χ1v) is 10.6. The highest BCUT2D eigenvalue weighted by molar-refractivity contribution is 6.05. The van der Waals surface area contributed by atoms with Crippen molar-refractivity contribution in [3.8, 4) is 0 Å². The summed E-state index contributed by atoms with van der Waals surface area (Å²) in [5.74, 6) is -1.01. The number of benzene rings is 1. The smallest absolute Gasteiger partial charge is 0.407 e. The molecular weight excluding hydrogens is 426 g/mol. The highest BCUT2D eigenvalue weighted by atomic mass is 16.5. The Balaban J connectivity index is 1.17. The minimum absolute atomic E-state index is 0.0388. The summed E-state index contributed by atoms with van der Waals surface area (Å²) >= 11 is 0. The van der Waals surface area contributed by atoms with Crippen molar-refractivity contribution in [2.24, 2.45) is 0 Å². The van der Waals surface area contributed by atoms with Gasteiger partial charge in [-0.1, -0.05) is 18.2 Å². The van der Waals surface area contributed by atoms with Gasteiger partial charge in [0.05, 0.1) is 5.52 Å². The number of fused-ring (bicyclic) bond motifs is 2. The maximum Gasteiger partial charge on any atom is 0.407 e. The Kier molecular flexibility index (Phi) is 5.25. The molecule has 2 aliphatic rings. The van der Waals surface area contributed by atoms with Crippen LogP contribution in [-0.2, 0) is 34.0 Å². The maximum absolute atomic E-state index is 12.9. The molecule has 33 heavy (non-hydrogen) atoms. The minimum Gasteiger partial charge on any atom is -0.443 e. The number of rotatable bonds is 5. The number of amides is 4. The van der Waals surface area contributed by atoms with Crippen molar-refractivity contribution in [3.05, 3.63) is 71.0 Å². The van der Waals surface area contributed by atoms with Crippen molar-refractivity contribution < 1.29 is 23.9 Å². The highest BCUT2D eigenvalue weighted by Crippen LogP contribution is 2.28. The fourth-order valence-corrected chi connectivity index (χ4v) is 4.14. The van der Waals surface area contributed by atoms with Crippen LogP contribution in [-0.4, -0.2) is 44.4 Å². The van der Waals surface area contributed by atoms with Crippen LogP contribution < -0.4 is 10.6 Å². The second kappa shape index (κ2) is 8.38. The van der Waals surface area contributed by atoms with E-state index in [4.69, 9.17) is 4.74 Å². The molecule has 5 rings (SSSR count). The molecule has 0 radical (unpaired) electrons. The summed E-state index contributed by atoms with van der Waals surface area (Å²) in [6.07, 6.45) is 1.75. The van der Waals surface area contributed by atoms with Gasteiger partial charge in [0.15, 0.2) is 0 Å². The standard InChI is InChI=1S/C23H21N5O5/c29-20-7-6-19(21(30)25-20)27-12-15-5-4-14(9-18(15)22(27)31)11-24-23(32)33-13-16-10-17-3-1-2-8-28(17)26-16/h1-5,8-10,19H,6-7,11-13H2,(H,24,32)(H,25,29,30). The Bertz CT molecular complexity index is 1250. The van der Waals surface area contributed by atoms with Crippen molar-refractivity contribution >= 4 is 29.3 Å². The normalized spacial score (nSPS) is 17.8. The third kappa shape index (κ3) is 4.14. The molecule has 168 valence electrons. The van der Waals surface area contributed by atoms with Gasteiger partial charge < -0.3 is 15.0 Å². The number of piperidine rings is 1. The van der Waals surface area contributed by atoms with E-state index in [1.165, 1.54) is 4.90 Å². The van der Waals surface area contributed by atoms with E-state index in [-0.39, 0.29) is 31.4 Å². The molecule has 0 bridgehead atoms. The van der Waals surface area contributed by atoms with E-state index in [1.807, 2.05) is 42.6 Å². The fraction of sp³-hybridized carbons (Fsp3) is 0.261. The van der Waals surface area contributed by atoms with Gasteiger partial charge >= 0.3 is 6.09 Å². The van der Waals surface area contributed by atoms with Crippen LogP contribution in [0.5, 0.6) is 0 Å². The number of alkyl carbamates (subject to hydrolysis) is 1. The first-order chi connectivity index (χ1) is 16.0. The molecule has 4 amide bonds. The van der Waals surface area contributed by atoms with Gasteiger partial charge in [-0.3, -0.25) is 19.7 Å². The molecule has 10 nitrogen and oxygen atoms in total. The van der Waals surface area contributed by atoms with Gasteiger partial charge in [0.2, 0.25) is 11.8 Å². The number of pyridine rings is 1. The van der Waals surface area contributed by atoms with Crippen molar-refractivity contribution in [3.63, 3.8) is 0 Å². The third-order valence-corrected chi connectivity index (χ3v) is 5.80. The lowest BCUT2D eigenvalue weighted by atomic mass is 10.0. The third-order valence-electron chi connectivity index (χ3n) is 5.80. The molecule has 0 aliphatic carbocycles. The summed E-state index contributed by atoms with van der Waals surface area (Å²) in [5, 5.41) is 9.29. The Morgan fingerprint density at radius 3 is 2.88 bits per heavy atom. The van der Waals surface area contributed by atoms with E-state index in [1.54, 1.807) is 10.6 Å². The lowest BCUT2D eigenvalue weighted by Crippen LogP contribution is -2.52. The molecular formula is C23H21N5O5. The first kappa shape index (κ1) is 20.7. The Hall–Kier alpha value is -4.21. The topological polar surface area (TPSA) is 122 Å². The molecule has 2 aliphatic heterocycles. The minimum atomic E-state index is -0.654. The zero-order valence-electron chi connectivity index (χ0n) is 17.6. The van der Waals surface area contributed by atoms with Crippen LogP contribution in [0.25, 0.3) is 5.52 Å². The average molecular weight is 447 g/mol. The van der Waals surface area contributed by atoms with Crippen molar-refractivity contribution in [2.45, 2.75) is 38.6 Å². The Morgan fingerprint density at radius 2 is 2.06 bits per heavy atom. The van der Waals surface area contributed by atoms with Crippen molar-refractivity contribution in [1.29, 1.82) is 0 Å². The summed E-state index contributed by atoms with van der Waals surface area (Å²) in [4.78, 5) is 50.0. The zero-order chi connectivity index (χ0) is 22.9. The predicted molar refractivity (Wildman–Crippen MR) is 115 cm³/mol. The van der Waals surface area contributed by atoms with E-state index in [0.717, 1.165) is 16.6 Å². The van der Waals surface area contributed by atoms with Gasteiger partial charge in [0.1, 0.15) is 18.3 Å². The maximum atomic E-state index is 12.9. The molecule has 1 fully saturated rings. The number of aromatic nitrogens is 2. The van der Waals surface area contributed by atoms with Crippen molar-refractivity contribution in [2.75, 3.05) is 0 Å². The van der Waals surface area contributed by atoms with Gasteiger partial charge in [0.25, 0.3) is 5.91 Å². The summed E-state index contributed by atoms with van der Waals surface area (Å²) < 4.78 is 6.94. The van der Waals surface area contributed by atoms with Gasteiger partial charge in [0, 0.05) is 31.3 Å². The predicted octanol–water partition coefficient (Wildman–Crippen LogP) is 1.52. The quantitative estimate of drug-likeness (QED) is 0.572. The van der Waals surface area contributed by atoms with Gasteiger partial charge in [-0.25, -0.2) is 9.31 Å². The summed E-state index contributed by atoms with van der Waals surface area (Å²) in [6, 6.07) is 12.2. The number of imide groups is 1. The molecule has 1 aromatic carbocycles. The number of hydrogen-bond acceptors (Lipinski definition) is 6. The lowest BCUT2D eigenvalue weighted by Gasteiger charge is -2.29. The summed E-state index contributed by atoms with van der Waals surface area (Å²) in [7, 11) is 0. The number of nitrogens with one attached hydrogen (secondary N) is 2. The van der Waals surface area contributed by atoms with Crippen LogP contribution in [0.3, 0.4) is 0 Å². The Morgan fingerprint density at radius 1 is 1.18 bits per heavy atom. The number of hydrogen-bond donors (Lipinski definition) is 2. The summed E-state index contributed by atoms with van der Waals surface area (Å²) in [5.41, 5.74) is 3.58. The number of carbonyl (C=O) groups is 4.